The quantitative estimate of drug-likeness (QED) is 0.202. The molecule has 9 nitrogen and oxygen atoms in total. The van der Waals surface area contributed by atoms with E-state index >= 15 is 0 Å². The summed E-state index contributed by atoms with van der Waals surface area (Å²) in [5.74, 6) is 0.852. The largest absolute Gasteiger partial charge is 0.495 e. The Morgan fingerprint density at radius 3 is 2.38 bits per heavy atom. The number of aromatic nitrogens is 4. The van der Waals surface area contributed by atoms with Crippen LogP contribution in [0.2, 0.25) is 5.02 Å². The molecule has 0 unspecified atom stereocenters. The molecule has 2 aromatic heterocycles. The van der Waals surface area contributed by atoms with E-state index in [1.165, 1.54) is 0 Å². The van der Waals surface area contributed by atoms with E-state index in [2.05, 4.69) is 20.0 Å². The number of anilines is 1. The van der Waals surface area contributed by atoms with Gasteiger partial charge in [-0.3, -0.25) is 4.68 Å². The van der Waals surface area contributed by atoms with E-state index in [4.69, 9.17) is 21.4 Å². The molecule has 0 amide bonds. The van der Waals surface area contributed by atoms with Crippen LogP contribution in [0.1, 0.15) is 32.8 Å². The minimum atomic E-state index is -4.54. The minimum Gasteiger partial charge on any atom is -0.495 e. The maximum atomic E-state index is 12.8. The average molecular weight is 623 g/mol. The zero-order valence-electron chi connectivity index (χ0n) is 23.3. The SMILES string of the molecule is COc1cc(-c2nn(C(C)(C)C)cc2-c2ccnc(NCCCNS(=O)(=O)c3ccc(C(F)(F)F)cc3)n2)ccc1Cl. The number of sulfonamides is 1. The van der Waals surface area contributed by atoms with Crippen LogP contribution < -0.4 is 14.8 Å². The number of benzene rings is 2. The number of halogens is 4. The van der Waals surface area contributed by atoms with Gasteiger partial charge in [-0.25, -0.2) is 23.1 Å². The third kappa shape index (κ3) is 7.39. The maximum absolute atomic E-state index is 12.8. The predicted molar refractivity (Wildman–Crippen MR) is 155 cm³/mol. The van der Waals surface area contributed by atoms with E-state index in [1.54, 1.807) is 25.4 Å². The highest BCUT2D eigenvalue weighted by molar-refractivity contribution is 7.89. The molecule has 2 aromatic carbocycles. The summed E-state index contributed by atoms with van der Waals surface area (Å²) in [5, 5.41) is 8.39. The summed E-state index contributed by atoms with van der Waals surface area (Å²) in [5.41, 5.74) is 1.65. The first kappa shape index (κ1) is 31.3. The van der Waals surface area contributed by atoms with Gasteiger partial charge in [0.15, 0.2) is 0 Å². The summed E-state index contributed by atoms with van der Waals surface area (Å²) >= 11 is 6.23. The number of methoxy groups -OCH3 is 1. The van der Waals surface area contributed by atoms with Crippen LogP contribution in [0.4, 0.5) is 19.1 Å². The number of ether oxygens (including phenoxy) is 1. The van der Waals surface area contributed by atoms with Crippen molar-refractivity contribution in [3.63, 3.8) is 0 Å². The number of hydrogen-bond donors (Lipinski definition) is 2. The summed E-state index contributed by atoms with van der Waals surface area (Å²) in [6, 6.07) is 10.5. The van der Waals surface area contributed by atoms with Gasteiger partial charge in [-0.15, -0.1) is 0 Å². The third-order valence-electron chi connectivity index (χ3n) is 6.18. The van der Waals surface area contributed by atoms with E-state index in [0.717, 1.165) is 35.4 Å². The molecule has 0 aliphatic rings. The first-order valence-corrected chi connectivity index (χ1v) is 14.7. The van der Waals surface area contributed by atoms with Gasteiger partial charge in [0.1, 0.15) is 11.4 Å². The Labute approximate surface area is 247 Å². The van der Waals surface area contributed by atoms with Crippen LogP contribution in [0, 0.1) is 0 Å². The highest BCUT2D eigenvalue weighted by atomic mass is 35.5. The molecule has 2 heterocycles. The van der Waals surface area contributed by atoms with Crippen molar-refractivity contribution in [3.05, 3.63) is 71.5 Å². The van der Waals surface area contributed by atoms with Gasteiger partial charge in [-0.2, -0.15) is 18.3 Å². The lowest BCUT2D eigenvalue weighted by Gasteiger charge is -2.18. The molecule has 2 N–H and O–H groups in total. The topological polar surface area (TPSA) is 111 Å². The minimum absolute atomic E-state index is 0.0525. The fourth-order valence-electron chi connectivity index (χ4n) is 3.92. The fraction of sp³-hybridized carbons (Fsp3) is 0.321. The zero-order chi connectivity index (χ0) is 30.7. The molecule has 0 atom stereocenters. The van der Waals surface area contributed by atoms with Gasteiger partial charge in [0.2, 0.25) is 16.0 Å². The van der Waals surface area contributed by atoms with Crippen molar-refractivity contribution in [3.8, 4) is 28.3 Å². The molecular formula is C28H30ClF3N6O3S. The van der Waals surface area contributed by atoms with Crippen LogP contribution in [-0.2, 0) is 21.7 Å². The van der Waals surface area contributed by atoms with Crippen molar-refractivity contribution in [1.29, 1.82) is 0 Å². The van der Waals surface area contributed by atoms with Gasteiger partial charge >= 0.3 is 6.18 Å². The van der Waals surface area contributed by atoms with Gasteiger partial charge in [0, 0.05) is 36.6 Å². The summed E-state index contributed by atoms with van der Waals surface area (Å²) in [7, 11) is -2.42. The molecule has 0 radical (unpaired) electrons. The van der Waals surface area contributed by atoms with Gasteiger partial charge in [0.25, 0.3) is 0 Å². The third-order valence-corrected chi connectivity index (χ3v) is 7.97. The second-order valence-electron chi connectivity index (χ2n) is 10.3. The standard InChI is InChI=1S/C28H30ClF3N6O3S/c1-27(2,3)38-17-21(25(37-38)18-6-11-22(29)24(16-18)41-4)23-12-15-34-26(36-23)33-13-5-14-35-42(39,40)20-9-7-19(8-10-20)28(30,31)32/h6-12,15-17,35H,5,13-14H2,1-4H3,(H,33,34,36). The highest BCUT2D eigenvalue weighted by Crippen LogP contribution is 2.36. The number of hydrogen-bond acceptors (Lipinski definition) is 7. The lowest BCUT2D eigenvalue weighted by atomic mass is 10.1. The van der Waals surface area contributed by atoms with Crippen molar-refractivity contribution in [1.82, 2.24) is 24.5 Å². The number of nitrogens with one attached hydrogen (secondary N) is 2. The second-order valence-corrected chi connectivity index (χ2v) is 12.5. The molecule has 0 saturated carbocycles. The van der Waals surface area contributed by atoms with Crippen molar-refractivity contribution < 1.29 is 26.3 Å². The van der Waals surface area contributed by atoms with Crippen molar-refractivity contribution in [2.75, 3.05) is 25.5 Å². The molecule has 0 saturated heterocycles. The Balaban J connectivity index is 1.45. The van der Waals surface area contributed by atoms with E-state index in [1.807, 2.05) is 43.8 Å². The lowest BCUT2D eigenvalue weighted by Crippen LogP contribution is -2.26. The molecule has 0 fully saturated rings. The Morgan fingerprint density at radius 2 is 1.74 bits per heavy atom. The molecule has 42 heavy (non-hydrogen) atoms. The van der Waals surface area contributed by atoms with Gasteiger partial charge in [-0.1, -0.05) is 17.7 Å². The van der Waals surface area contributed by atoms with Crippen molar-refractivity contribution in [2.24, 2.45) is 0 Å². The lowest BCUT2D eigenvalue weighted by molar-refractivity contribution is -0.137. The maximum Gasteiger partial charge on any atom is 0.416 e. The molecule has 0 aliphatic carbocycles. The molecule has 224 valence electrons. The molecule has 4 rings (SSSR count). The summed E-state index contributed by atoms with van der Waals surface area (Å²) in [4.78, 5) is 8.66. The van der Waals surface area contributed by atoms with Crippen LogP contribution in [0.15, 0.2) is 65.8 Å². The van der Waals surface area contributed by atoms with Crippen molar-refractivity contribution >= 4 is 27.6 Å². The van der Waals surface area contributed by atoms with Crippen molar-refractivity contribution in [2.45, 2.75) is 43.8 Å². The van der Waals surface area contributed by atoms with E-state index in [0.29, 0.717) is 41.1 Å². The number of nitrogens with zero attached hydrogens (tertiary/aromatic N) is 4. The smallest absolute Gasteiger partial charge is 0.416 e. The highest BCUT2D eigenvalue weighted by Gasteiger charge is 2.30. The second kappa shape index (κ2) is 12.3. The first-order chi connectivity index (χ1) is 19.7. The molecular weight excluding hydrogens is 593 g/mol. The van der Waals surface area contributed by atoms with E-state index in [9.17, 15) is 21.6 Å². The Kier molecular flexibility index (Phi) is 9.14. The number of alkyl halides is 3. The molecule has 4 aromatic rings. The molecule has 0 spiro atoms. The molecule has 0 bridgehead atoms. The Bertz CT molecular complexity index is 1650. The Morgan fingerprint density at radius 1 is 1.02 bits per heavy atom. The van der Waals surface area contributed by atoms with Crippen LogP contribution in [0.5, 0.6) is 5.75 Å². The molecule has 14 heteroatoms. The van der Waals surface area contributed by atoms with Gasteiger partial charge in [0.05, 0.1) is 33.8 Å². The van der Waals surface area contributed by atoms with E-state index in [-0.39, 0.29) is 17.0 Å². The average Bonchev–Trinajstić information content (AvgIpc) is 3.39. The molecule has 0 aliphatic heterocycles. The summed E-state index contributed by atoms with van der Waals surface area (Å²) < 4.78 is 72.8. The summed E-state index contributed by atoms with van der Waals surface area (Å²) in [6.45, 7) is 6.50. The fourth-order valence-corrected chi connectivity index (χ4v) is 5.19. The predicted octanol–water partition coefficient (Wildman–Crippen LogP) is 6.22. The summed E-state index contributed by atoms with van der Waals surface area (Å²) in [6.07, 6.45) is -0.652. The van der Waals surface area contributed by atoms with Gasteiger partial charge < -0.3 is 10.1 Å². The van der Waals surface area contributed by atoms with Crippen LogP contribution in [0.3, 0.4) is 0 Å². The van der Waals surface area contributed by atoms with E-state index < -0.39 is 21.8 Å². The number of rotatable bonds is 10. The first-order valence-electron chi connectivity index (χ1n) is 12.9. The normalized spacial score (nSPS) is 12.4. The monoisotopic (exact) mass is 622 g/mol. The van der Waals surface area contributed by atoms with Crippen LogP contribution in [-0.4, -0.2) is 48.4 Å². The van der Waals surface area contributed by atoms with Crippen LogP contribution >= 0.6 is 11.6 Å². The van der Waals surface area contributed by atoms with Gasteiger partial charge in [-0.05, 0) is 69.7 Å². The zero-order valence-corrected chi connectivity index (χ0v) is 24.9. The Hall–Kier alpha value is -3.68. The van der Waals surface area contributed by atoms with Crippen LogP contribution in [0.25, 0.3) is 22.5 Å².